The van der Waals surface area contributed by atoms with Crippen molar-refractivity contribution in [3.05, 3.63) is 59.7 Å². The van der Waals surface area contributed by atoms with Crippen LogP contribution in [0.15, 0.2) is 54.1 Å². The molecule has 0 saturated heterocycles. The molecular formula is C17H19BrO3. The maximum Gasteiger partial charge on any atom is 0.191 e. The minimum Gasteiger partial charge on any atom is -0.346 e. The Balaban J connectivity index is 2.04. The molecule has 0 saturated carbocycles. The quantitative estimate of drug-likeness (QED) is 0.554. The largest absolute Gasteiger partial charge is 0.346 e. The van der Waals surface area contributed by atoms with E-state index in [1.54, 1.807) is 6.08 Å². The fourth-order valence-electron chi connectivity index (χ4n) is 2.17. The highest BCUT2D eigenvalue weighted by atomic mass is 79.9. The van der Waals surface area contributed by atoms with E-state index < -0.39 is 5.79 Å². The molecule has 1 atom stereocenters. The Bertz CT molecular complexity index is 536. The van der Waals surface area contributed by atoms with Gasteiger partial charge in [0.1, 0.15) is 0 Å². The van der Waals surface area contributed by atoms with Crippen LogP contribution < -0.4 is 0 Å². The summed E-state index contributed by atoms with van der Waals surface area (Å²) in [5.41, 5.74) is 1.79. The molecule has 0 spiro atoms. The molecule has 0 fully saturated rings. The standard InChI is InChI=1S/C17H19BrO3/c1-2-20-17(21-13-14-6-4-3-5-7-14)10-8-15(9-11-17)16(19)12-18/h3-10H,2,11-13H2,1H3. The van der Waals surface area contributed by atoms with Crippen LogP contribution in [0.1, 0.15) is 18.9 Å². The topological polar surface area (TPSA) is 35.5 Å². The predicted octanol–water partition coefficient (Wildman–Crippen LogP) is 3.79. The SMILES string of the molecule is CCOC1(OCc2ccccc2)C=CC(C(=O)CBr)=CC1. The van der Waals surface area contributed by atoms with Crippen molar-refractivity contribution in [3.8, 4) is 0 Å². The smallest absolute Gasteiger partial charge is 0.191 e. The third-order valence-corrected chi connectivity index (χ3v) is 3.79. The third-order valence-electron chi connectivity index (χ3n) is 3.28. The van der Waals surface area contributed by atoms with Gasteiger partial charge in [-0.2, -0.15) is 0 Å². The Morgan fingerprint density at radius 1 is 1.29 bits per heavy atom. The molecule has 0 bridgehead atoms. The molecule has 0 heterocycles. The summed E-state index contributed by atoms with van der Waals surface area (Å²) in [6.07, 6.45) is 6.05. The molecular weight excluding hydrogens is 332 g/mol. The average Bonchev–Trinajstić information content (AvgIpc) is 2.54. The van der Waals surface area contributed by atoms with E-state index >= 15 is 0 Å². The number of Topliss-reactive ketones (excluding diaryl/α,β-unsaturated/α-hetero) is 1. The Morgan fingerprint density at radius 2 is 2.05 bits per heavy atom. The minimum absolute atomic E-state index is 0.0689. The van der Waals surface area contributed by atoms with Gasteiger partial charge in [0.25, 0.3) is 0 Å². The van der Waals surface area contributed by atoms with Crippen LogP contribution in [0.4, 0.5) is 0 Å². The van der Waals surface area contributed by atoms with Crippen molar-refractivity contribution >= 4 is 21.7 Å². The van der Waals surface area contributed by atoms with E-state index in [-0.39, 0.29) is 5.78 Å². The summed E-state index contributed by atoms with van der Waals surface area (Å²) in [7, 11) is 0. The lowest BCUT2D eigenvalue weighted by molar-refractivity contribution is -0.207. The Labute approximate surface area is 133 Å². The second kappa shape index (κ2) is 7.69. The highest BCUT2D eigenvalue weighted by Crippen LogP contribution is 2.28. The van der Waals surface area contributed by atoms with Gasteiger partial charge < -0.3 is 9.47 Å². The summed E-state index contributed by atoms with van der Waals surface area (Å²) in [6, 6.07) is 9.97. The summed E-state index contributed by atoms with van der Waals surface area (Å²) in [4.78, 5) is 11.7. The first kappa shape index (κ1) is 16.1. The molecule has 1 aliphatic rings. The number of ether oxygens (including phenoxy) is 2. The lowest BCUT2D eigenvalue weighted by Gasteiger charge is -2.32. The van der Waals surface area contributed by atoms with E-state index in [1.165, 1.54) is 0 Å². The van der Waals surface area contributed by atoms with E-state index in [4.69, 9.17) is 9.47 Å². The van der Waals surface area contributed by atoms with E-state index in [1.807, 2.05) is 49.4 Å². The Morgan fingerprint density at radius 3 is 2.62 bits per heavy atom. The van der Waals surface area contributed by atoms with Crippen molar-refractivity contribution in [1.29, 1.82) is 0 Å². The van der Waals surface area contributed by atoms with Crippen LogP contribution >= 0.6 is 15.9 Å². The highest BCUT2D eigenvalue weighted by Gasteiger charge is 2.30. The zero-order valence-electron chi connectivity index (χ0n) is 12.0. The Hall–Kier alpha value is -1.23. The molecule has 1 aliphatic carbocycles. The lowest BCUT2D eigenvalue weighted by atomic mass is 9.99. The maximum atomic E-state index is 11.7. The van der Waals surface area contributed by atoms with Gasteiger partial charge in [0.15, 0.2) is 11.6 Å². The summed E-state index contributed by atoms with van der Waals surface area (Å²) in [5.74, 6) is -0.708. The van der Waals surface area contributed by atoms with E-state index in [9.17, 15) is 4.79 Å². The number of allylic oxidation sites excluding steroid dienone is 2. The molecule has 1 unspecified atom stereocenters. The number of ketones is 1. The molecule has 4 heteroatoms. The average molecular weight is 351 g/mol. The second-order valence-electron chi connectivity index (χ2n) is 4.77. The summed E-state index contributed by atoms with van der Waals surface area (Å²) >= 11 is 3.18. The van der Waals surface area contributed by atoms with E-state index in [2.05, 4.69) is 15.9 Å². The van der Waals surface area contributed by atoms with Crippen molar-refractivity contribution in [2.24, 2.45) is 0 Å². The van der Waals surface area contributed by atoms with Gasteiger partial charge in [0.2, 0.25) is 0 Å². The summed E-state index contributed by atoms with van der Waals surface area (Å²) < 4.78 is 11.8. The van der Waals surface area contributed by atoms with Crippen LogP contribution in [0.25, 0.3) is 0 Å². The molecule has 0 aliphatic heterocycles. The summed E-state index contributed by atoms with van der Waals surface area (Å²) in [6.45, 7) is 2.96. The highest BCUT2D eigenvalue weighted by molar-refractivity contribution is 9.09. The number of benzene rings is 1. The predicted molar refractivity (Wildman–Crippen MR) is 86.2 cm³/mol. The van der Waals surface area contributed by atoms with Gasteiger partial charge in [-0.25, -0.2) is 0 Å². The molecule has 3 nitrogen and oxygen atoms in total. The number of carbonyl (C=O) groups is 1. The number of carbonyl (C=O) groups excluding carboxylic acids is 1. The zero-order valence-corrected chi connectivity index (χ0v) is 13.6. The number of hydrogen-bond acceptors (Lipinski definition) is 3. The van der Waals surface area contributed by atoms with Crippen molar-refractivity contribution in [2.75, 3.05) is 11.9 Å². The van der Waals surface area contributed by atoms with E-state index in [0.717, 1.165) is 5.56 Å². The van der Waals surface area contributed by atoms with Crippen molar-refractivity contribution in [1.82, 2.24) is 0 Å². The van der Waals surface area contributed by atoms with Gasteiger partial charge in [-0.3, -0.25) is 4.79 Å². The van der Waals surface area contributed by atoms with Crippen molar-refractivity contribution in [2.45, 2.75) is 25.7 Å². The molecule has 21 heavy (non-hydrogen) atoms. The monoisotopic (exact) mass is 350 g/mol. The van der Waals surface area contributed by atoms with Gasteiger partial charge in [-0.1, -0.05) is 58.4 Å². The van der Waals surface area contributed by atoms with Gasteiger partial charge in [-0.05, 0) is 18.6 Å². The van der Waals surface area contributed by atoms with Crippen LogP contribution in [-0.2, 0) is 20.9 Å². The van der Waals surface area contributed by atoms with Crippen molar-refractivity contribution < 1.29 is 14.3 Å². The first-order chi connectivity index (χ1) is 10.2. The first-order valence-corrected chi connectivity index (χ1v) is 8.11. The van der Waals surface area contributed by atoms with Gasteiger partial charge >= 0.3 is 0 Å². The molecule has 0 aromatic heterocycles. The molecule has 0 amide bonds. The maximum absolute atomic E-state index is 11.7. The molecule has 1 aromatic carbocycles. The van der Waals surface area contributed by atoms with Crippen molar-refractivity contribution in [3.63, 3.8) is 0 Å². The minimum atomic E-state index is -0.777. The summed E-state index contributed by atoms with van der Waals surface area (Å²) in [5, 5.41) is 0.329. The van der Waals surface area contributed by atoms with Gasteiger partial charge in [0, 0.05) is 18.6 Å². The van der Waals surface area contributed by atoms with Crippen LogP contribution in [0, 0.1) is 0 Å². The van der Waals surface area contributed by atoms with E-state index in [0.29, 0.717) is 30.5 Å². The molecule has 0 N–H and O–H groups in total. The number of rotatable bonds is 7. The lowest BCUT2D eigenvalue weighted by Crippen LogP contribution is -2.35. The van der Waals surface area contributed by atoms with Crippen LogP contribution in [0.2, 0.25) is 0 Å². The zero-order chi connectivity index (χ0) is 15.1. The second-order valence-corrected chi connectivity index (χ2v) is 5.33. The molecule has 0 radical (unpaired) electrons. The number of hydrogen-bond donors (Lipinski definition) is 0. The fourth-order valence-corrected chi connectivity index (χ4v) is 2.49. The molecule has 112 valence electrons. The molecule has 2 rings (SSSR count). The number of halogens is 1. The molecule has 1 aromatic rings. The van der Waals surface area contributed by atoms with Gasteiger partial charge in [-0.15, -0.1) is 0 Å². The van der Waals surface area contributed by atoms with Crippen LogP contribution in [0.5, 0.6) is 0 Å². The van der Waals surface area contributed by atoms with Crippen LogP contribution in [-0.4, -0.2) is 23.5 Å². The van der Waals surface area contributed by atoms with Crippen LogP contribution in [0.3, 0.4) is 0 Å². The fraction of sp³-hybridized carbons (Fsp3) is 0.353. The van der Waals surface area contributed by atoms with Gasteiger partial charge in [0.05, 0.1) is 11.9 Å². The first-order valence-electron chi connectivity index (χ1n) is 6.99. The Kier molecular flexibility index (Phi) is 5.91. The third kappa shape index (κ3) is 4.37. The number of alkyl halides is 1. The normalized spacial score (nSPS) is 21.1.